The van der Waals surface area contributed by atoms with Gasteiger partial charge in [-0.3, -0.25) is 0 Å². The highest BCUT2D eigenvalue weighted by molar-refractivity contribution is 6.15. The minimum Gasteiger partial charge on any atom is -0.0623 e. The molecule has 2 rings (SSSR count). The van der Waals surface area contributed by atoms with E-state index in [-0.39, 0.29) is 0 Å². The summed E-state index contributed by atoms with van der Waals surface area (Å²) in [4.78, 5) is 0. The van der Waals surface area contributed by atoms with Gasteiger partial charge in [0.2, 0.25) is 0 Å². The van der Waals surface area contributed by atoms with E-state index in [4.69, 9.17) is 0 Å². The third-order valence-corrected chi connectivity index (χ3v) is 5.97. The molecule has 0 aromatic carbocycles. The molecule has 0 amide bonds. The molecule has 2 fully saturated rings. The van der Waals surface area contributed by atoms with Crippen LogP contribution >= 0.6 is 0 Å². The third-order valence-electron chi connectivity index (χ3n) is 4.08. The van der Waals surface area contributed by atoms with Crippen LogP contribution in [0.15, 0.2) is 0 Å². The fraction of sp³-hybridized carbons (Fsp3) is 1.00. The Morgan fingerprint density at radius 1 is 1.30 bits per heavy atom. The Labute approximate surface area is 66.8 Å². The van der Waals surface area contributed by atoms with Gasteiger partial charge in [-0.1, -0.05) is 32.6 Å². The summed E-state index contributed by atoms with van der Waals surface area (Å²) >= 11 is 0. The zero-order chi connectivity index (χ0) is 7.19. The highest BCUT2D eigenvalue weighted by Crippen LogP contribution is 2.57. The van der Waals surface area contributed by atoms with Gasteiger partial charge < -0.3 is 0 Å². The predicted molar refractivity (Wildman–Crippen MR) is 48.4 cm³/mol. The second kappa shape index (κ2) is 2.10. The Morgan fingerprint density at radius 3 is 2.80 bits per heavy atom. The van der Waals surface area contributed by atoms with E-state index in [0.29, 0.717) is 0 Å². The van der Waals surface area contributed by atoms with Crippen molar-refractivity contribution in [2.24, 2.45) is 11.8 Å². The molecule has 1 heteroatoms. The van der Waals surface area contributed by atoms with Crippen LogP contribution in [0.3, 0.4) is 0 Å². The molecule has 58 valence electrons. The lowest BCUT2D eigenvalue weighted by Gasteiger charge is -2.35. The van der Waals surface area contributed by atoms with Gasteiger partial charge in [-0.2, -0.15) is 0 Å². The van der Waals surface area contributed by atoms with Crippen LogP contribution in [0, 0.1) is 11.8 Å². The van der Waals surface area contributed by atoms with E-state index in [1.807, 2.05) is 0 Å². The first-order valence-electron chi connectivity index (χ1n) is 4.71. The molecule has 2 aliphatic carbocycles. The quantitative estimate of drug-likeness (QED) is 0.466. The molecule has 0 radical (unpaired) electrons. The van der Waals surface area contributed by atoms with Crippen LogP contribution in [-0.2, 0) is 0 Å². The minimum absolute atomic E-state index is 0.892. The van der Waals surface area contributed by atoms with Crippen molar-refractivity contribution in [1.82, 2.24) is 0 Å². The lowest BCUT2D eigenvalue weighted by molar-refractivity contribution is 0.281. The zero-order valence-electron chi connectivity index (χ0n) is 7.19. The van der Waals surface area contributed by atoms with Crippen LogP contribution in [0.5, 0.6) is 0 Å². The highest BCUT2D eigenvalue weighted by Gasteiger charge is 2.42. The minimum atomic E-state index is 0.892. The van der Waals surface area contributed by atoms with E-state index in [1.54, 1.807) is 25.7 Å². The second-order valence-electron chi connectivity index (χ2n) is 4.74. The van der Waals surface area contributed by atoms with Gasteiger partial charge in [0.15, 0.2) is 0 Å². The molecule has 0 aliphatic heterocycles. The predicted octanol–water partition coefficient (Wildman–Crippen LogP) is 1.74. The molecular formula is C9H18Si. The van der Waals surface area contributed by atoms with Crippen molar-refractivity contribution in [2.45, 2.75) is 44.1 Å². The molecule has 0 spiro atoms. The SMILES string of the molecule is CC1CCC2CCC1([SiH3])C2. The molecule has 0 N–H and O–H groups in total. The first-order valence-corrected chi connectivity index (χ1v) is 5.71. The lowest BCUT2D eigenvalue weighted by atomic mass is 9.80. The van der Waals surface area contributed by atoms with Crippen molar-refractivity contribution >= 4 is 10.2 Å². The molecule has 2 saturated carbocycles. The number of fused-ring (bicyclic) bond motifs is 2. The van der Waals surface area contributed by atoms with Crippen molar-refractivity contribution < 1.29 is 0 Å². The molecule has 0 nitrogen and oxygen atoms in total. The van der Waals surface area contributed by atoms with E-state index in [9.17, 15) is 0 Å². The van der Waals surface area contributed by atoms with E-state index in [2.05, 4.69) is 6.92 Å². The normalized spacial score (nSPS) is 53.7. The van der Waals surface area contributed by atoms with Gasteiger partial charge in [0.25, 0.3) is 0 Å². The van der Waals surface area contributed by atoms with Crippen molar-refractivity contribution in [1.29, 1.82) is 0 Å². The summed E-state index contributed by atoms with van der Waals surface area (Å²) in [6, 6.07) is 0. The van der Waals surface area contributed by atoms with Crippen LogP contribution in [0.2, 0.25) is 5.04 Å². The number of hydrogen-bond acceptors (Lipinski definition) is 0. The first-order chi connectivity index (χ1) is 4.71. The molecule has 10 heavy (non-hydrogen) atoms. The van der Waals surface area contributed by atoms with Gasteiger partial charge in [0.05, 0.1) is 0 Å². The van der Waals surface area contributed by atoms with Gasteiger partial charge in [-0.25, -0.2) is 0 Å². The smallest absolute Gasteiger partial charge is 0.0110 e. The Balaban J connectivity index is 2.17. The maximum Gasteiger partial charge on any atom is 0.0110 e. The molecule has 0 aromatic heterocycles. The molecule has 2 bridgehead atoms. The summed E-state index contributed by atoms with van der Waals surface area (Å²) in [7, 11) is 1.46. The van der Waals surface area contributed by atoms with E-state index in [0.717, 1.165) is 16.9 Å². The van der Waals surface area contributed by atoms with Crippen molar-refractivity contribution in [3.05, 3.63) is 0 Å². The summed E-state index contributed by atoms with van der Waals surface area (Å²) in [6.07, 6.45) is 7.82. The molecule has 3 unspecified atom stereocenters. The first kappa shape index (κ1) is 6.90. The molecule has 2 aliphatic rings. The summed E-state index contributed by atoms with van der Waals surface area (Å²) in [5, 5.41) is 0.892. The summed E-state index contributed by atoms with van der Waals surface area (Å²) in [5.74, 6) is 2.21. The van der Waals surface area contributed by atoms with Crippen LogP contribution in [-0.4, -0.2) is 10.2 Å². The summed E-state index contributed by atoms with van der Waals surface area (Å²) in [6.45, 7) is 2.48. The van der Waals surface area contributed by atoms with Gasteiger partial charge >= 0.3 is 0 Å². The van der Waals surface area contributed by atoms with Gasteiger partial charge in [0.1, 0.15) is 0 Å². The second-order valence-corrected chi connectivity index (χ2v) is 6.73. The van der Waals surface area contributed by atoms with Crippen molar-refractivity contribution in [3.63, 3.8) is 0 Å². The molecule has 0 saturated heterocycles. The van der Waals surface area contributed by atoms with E-state index >= 15 is 0 Å². The molecule has 3 atom stereocenters. The van der Waals surface area contributed by atoms with Crippen LogP contribution in [0.1, 0.15) is 39.0 Å². The monoisotopic (exact) mass is 154 g/mol. The maximum atomic E-state index is 2.48. The lowest BCUT2D eigenvalue weighted by Crippen LogP contribution is -2.22. The molecule has 0 heterocycles. The Morgan fingerprint density at radius 2 is 2.10 bits per heavy atom. The number of hydrogen-bond donors (Lipinski definition) is 0. The summed E-state index contributed by atoms with van der Waals surface area (Å²) < 4.78 is 0. The Kier molecular flexibility index (Phi) is 1.45. The standard InChI is InChI=1S/C9H18Si/c1-7-2-3-8-4-5-9(7,10)6-8/h7-8H,2-6H2,1,10H3. The Hall–Kier alpha value is 0.217. The van der Waals surface area contributed by atoms with Gasteiger partial charge in [-0.05, 0) is 23.3 Å². The molecular weight excluding hydrogens is 136 g/mol. The highest BCUT2D eigenvalue weighted by atomic mass is 28.1. The van der Waals surface area contributed by atoms with Crippen LogP contribution in [0.4, 0.5) is 0 Å². The summed E-state index contributed by atoms with van der Waals surface area (Å²) in [5.41, 5.74) is 0. The van der Waals surface area contributed by atoms with Crippen LogP contribution in [0.25, 0.3) is 0 Å². The maximum absolute atomic E-state index is 2.48. The fourth-order valence-corrected chi connectivity index (χ4v) is 4.08. The van der Waals surface area contributed by atoms with Crippen LogP contribution < -0.4 is 0 Å². The third kappa shape index (κ3) is 0.867. The molecule has 0 aromatic rings. The average molecular weight is 154 g/mol. The van der Waals surface area contributed by atoms with Crippen molar-refractivity contribution in [3.8, 4) is 0 Å². The van der Waals surface area contributed by atoms with Gasteiger partial charge in [0, 0.05) is 10.2 Å². The largest absolute Gasteiger partial charge is 0.0623 e. The number of rotatable bonds is 0. The van der Waals surface area contributed by atoms with Crippen molar-refractivity contribution in [2.75, 3.05) is 0 Å². The van der Waals surface area contributed by atoms with E-state index < -0.39 is 0 Å². The average Bonchev–Trinajstić information content (AvgIpc) is 2.22. The fourth-order valence-electron chi connectivity index (χ4n) is 2.93. The zero-order valence-corrected chi connectivity index (χ0v) is 9.19. The van der Waals surface area contributed by atoms with E-state index in [1.165, 1.54) is 16.7 Å². The Bertz CT molecular complexity index is 142. The topological polar surface area (TPSA) is 0 Å². The van der Waals surface area contributed by atoms with Gasteiger partial charge in [-0.15, -0.1) is 0 Å².